The van der Waals surface area contributed by atoms with Gasteiger partial charge in [0.05, 0.1) is 16.4 Å². The van der Waals surface area contributed by atoms with Gasteiger partial charge in [-0.15, -0.1) is 0 Å². The highest BCUT2D eigenvalue weighted by Crippen LogP contribution is 2.28. The Balaban J connectivity index is 1.52. The second-order valence-corrected chi connectivity index (χ2v) is 9.39. The van der Waals surface area contributed by atoms with Gasteiger partial charge in [-0.05, 0) is 50.2 Å². The number of aromatic nitrogens is 2. The van der Waals surface area contributed by atoms with E-state index in [1.54, 1.807) is 41.1 Å². The number of nitrogens with zero attached hydrogens (tertiary/aromatic N) is 3. The van der Waals surface area contributed by atoms with Crippen LogP contribution < -0.4 is 10.1 Å². The molecule has 0 atom stereocenters. The summed E-state index contributed by atoms with van der Waals surface area (Å²) in [5.41, 5.74) is 2.18. The van der Waals surface area contributed by atoms with Gasteiger partial charge in [-0.1, -0.05) is 65.7 Å². The largest absolute Gasteiger partial charge is 0.484 e. The Hall–Kier alpha value is -3.81. The number of benzene rings is 3. The van der Waals surface area contributed by atoms with Crippen LogP contribution in [0.5, 0.6) is 5.75 Å². The van der Waals surface area contributed by atoms with E-state index in [1.807, 2.05) is 62.4 Å². The fourth-order valence-electron chi connectivity index (χ4n) is 3.68. The minimum absolute atomic E-state index is 0.158. The third-order valence-electron chi connectivity index (χ3n) is 5.56. The van der Waals surface area contributed by atoms with Crippen molar-refractivity contribution < 1.29 is 14.3 Å². The zero-order chi connectivity index (χ0) is 26.4. The Morgan fingerprint density at radius 3 is 2.32 bits per heavy atom. The summed E-state index contributed by atoms with van der Waals surface area (Å²) in [7, 11) is 0. The Morgan fingerprint density at radius 1 is 0.973 bits per heavy atom. The number of ether oxygens (including phenoxy) is 1. The van der Waals surface area contributed by atoms with Crippen molar-refractivity contribution in [2.45, 2.75) is 19.9 Å². The van der Waals surface area contributed by atoms with E-state index in [4.69, 9.17) is 33.0 Å². The van der Waals surface area contributed by atoms with E-state index < -0.39 is 0 Å². The minimum atomic E-state index is -0.374. The van der Waals surface area contributed by atoms with E-state index in [0.29, 0.717) is 33.0 Å². The Bertz CT molecular complexity index is 1370. The molecule has 0 saturated heterocycles. The van der Waals surface area contributed by atoms with Gasteiger partial charge in [-0.25, -0.2) is 4.68 Å². The smallest absolute Gasteiger partial charge is 0.261 e. The Morgan fingerprint density at radius 2 is 1.65 bits per heavy atom. The molecule has 1 aromatic heterocycles. The summed E-state index contributed by atoms with van der Waals surface area (Å²) in [4.78, 5) is 27.5. The zero-order valence-electron chi connectivity index (χ0n) is 20.4. The average molecular weight is 537 g/mol. The fraction of sp³-hybridized carbons (Fsp3) is 0.179. The highest BCUT2D eigenvalue weighted by Gasteiger charge is 2.22. The zero-order valence-corrected chi connectivity index (χ0v) is 21.9. The van der Waals surface area contributed by atoms with E-state index in [0.717, 1.165) is 5.56 Å². The first-order valence-corrected chi connectivity index (χ1v) is 12.5. The van der Waals surface area contributed by atoms with Crippen LogP contribution in [-0.2, 0) is 9.59 Å². The SMILES string of the molecule is CC(C)N(CC(=O)Nc1cc(-c2ccccc2)nn1-c1ccccc1Cl)C(=O)COc1ccc(Cl)cc1. The summed E-state index contributed by atoms with van der Waals surface area (Å²) >= 11 is 12.3. The monoisotopic (exact) mass is 536 g/mol. The number of hydrogen-bond acceptors (Lipinski definition) is 4. The van der Waals surface area contributed by atoms with Crippen molar-refractivity contribution in [3.8, 4) is 22.7 Å². The Labute approximate surface area is 225 Å². The van der Waals surface area contributed by atoms with Crippen LogP contribution in [0.4, 0.5) is 5.82 Å². The molecule has 37 heavy (non-hydrogen) atoms. The molecule has 190 valence electrons. The van der Waals surface area contributed by atoms with E-state index in [9.17, 15) is 9.59 Å². The van der Waals surface area contributed by atoms with Gasteiger partial charge in [-0.3, -0.25) is 9.59 Å². The molecule has 3 aromatic carbocycles. The summed E-state index contributed by atoms with van der Waals surface area (Å²) in [5.74, 6) is 0.263. The Kier molecular flexibility index (Phi) is 8.48. The highest BCUT2D eigenvalue weighted by molar-refractivity contribution is 6.32. The van der Waals surface area contributed by atoms with Crippen LogP contribution >= 0.6 is 23.2 Å². The number of halogens is 2. The summed E-state index contributed by atoms with van der Waals surface area (Å²) < 4.78 is 7.18. The topological polar surface area (TPSA) is 76.5 Å². The summed E-state index contributed by atoms with van der Waals surface area (Å²) in [6, 6.07) is 25.2. The van der Waals surface area contributed by atoms with Crippen LogP contribution in [0.15, 0.2) is 84.9 Å². The standard InChI is InChI=1S/C28H26Cl2N4O3/c1-19(2)33(28(36)18-37-22-14-12-21(29)13-15-22)17-27(35)31-26-16-24(20-8-4-3-5-9-20)32-34(26)25-11-7-6-10-23(25)30/h3-16,19H,17-18H2,1-2H3,(H,31,35). The molecule has 0 aliphatic heterocycles. The first-order chi connectivity index (χ1) is 17.8. The van der Waals surface area contributed by atoms with Crippen molar-refractivity contribution in [1.82, 2.24) is 14.7 Å². The lowest BCUT2D eigenvalue weighted by atomic mass is 10.1. The van der Waals surface area contributed by atoms with Gasteiger partial charge in [0.1, 0.15) is 18.1 Å². The third kappa shape index (κ3) is 6.70. The van der Waals surface area contributed by atoms with E-state index in [2.05, 4.69) is 5.32 Å². The molecular weight excluding hydrogens is 511 g/mol. The molecule has 9 heteroatoms. The number of anilines is 1. The van der Waals surface area contributed by atoms with Crippen molar-refractivity contribution in [2.75, 3.05) is 18.5 Å². The van der Waals surface area contributed by atoms with Gasteiger partial charge in [0.25, 0.3) is 5.91 Å². The van der Waals surface area contributed by atoms with Crippen LogP contribution in [0.3, 0.4) is 0 Å². The van der Waals surface area contributed by atoms with Gasteiger partial charge >= 0.3 is 0 Å². The van der Waals surface area contributed by atoms with Gasteiger partial charge < -0.3 is 15.0 Å². The number of carbonyl (C=O) groups is 2. The molecule has 4 aromatic rings. The van der Waals surface area contributed by atoms with E-state index in [1.165, 1.54) is 4.90 Å². The van der Waals surface area contributed by atoms with E-state index in [-0.39, 0.29) is 31.0 Å². The maximum Gasteiger partial charge on any atom is 0.261 e. The molecule has 0 unspecified atom stereocenters. The van der Waals surface area contributed by atoms with Crippen LogP contribution in [0.25, 0.3) is 16.9 Å². The second-order valence-electron chi connectivity index (χ2n) is 8.55. The van der Waals surface area contributed by atoms with Gasteiger partial charge in [0, 0.05) is 22.7 Å². The molecule has 7 nitrogen and oxygen atoms in total. The van der Waals surface area contributed by atoms with E-state index >= 15 is 0 Å². The maximum absolute atomic E-state index is 13.1. The maximum atomic E-state index is 13.1. The second kappa shape index (κ2) is 12.0. The number of nitrogens with one attached hydrogen (secondary N) is 1. The predicted octanol–water partition coefficient (Wildman–Crippen LogP) is 6.10. The van der Waals surface area contributed by atoms with Crippen LogP contribution in [0.2, 0.25) is 10.0 Å². The fourth-order valence-corrected chi connectivity index (χ4v) is 4.02. The van der Waals surface area contributed by atoms with Gasteiger partial charge in [0.2, 0.25) is 5.91 Å². The highest BCUT2D eigenvalue weighted by atomic mass is 35.5. The summed E-state index contributed by atoms with van der Waals surface area (Å²) in [6.07, 6.45) is 0. The van der Waals surface area contributed by atoms with Crippen LogP contribution in [0, 0.1) is 0 Å². The average Bonchev–Trinajstić information content (AvgIpc) is 3.30. The molecule has 0 fully saturated rings. The molecule has 0 aliphatic carbocycles. The first kappa shape index (κ1) is 26.3. The number of carbonyl (C=O) groups excluding carboxylic acids is 2. The lowest BCUT2D eigenvalue weighted by molar-refractivity contribution is -0.138. The quantitative estimate of drug-likeness (QED) is 0.280. The normalized spacial score (nSPS) is 10.8. The molecule has 1 N–H and O–H groups in total. The lowest BCUT2D eigenvalue weighted by Crippen LogP contribution is -2.44. The molecule has 0 bridgehead atoms. The van der Waals surface area contributed by atoms with Crippen LogP contribution in [0.1, 0.15) is 13.8 Å². The number of amides is 2. The predicted molar refractivity (Wildman–Crippen MR) is 146 cm³/mol. The van der Waals surface area contributed by atoms with Crippen molar-refractivity contribution in [1.29, 1.82) is 0 Å². The third-order valence-corrected chi connectivity index (χ3v) is 6.13. The first-order valence-electron chi connectivity index (χ1n) is 11.7. The molecule has 1 heterocycles. The minimum Gasteiger partial charge on any atom is -0.484 e. The summed E-state index contributed by atoms with van der Waals surface area (Å²) in [6.45, 7) is 3.32. The molecule has 0 radical (unpaired) electrons. The molecule has 0 saturated carbocycles. The van der Waals surface area contributed by atoms with Crippen molar-refractivity contribution in [3.05, 3.63) is 95.0 Å². The van der Waals surface area contributed by atoms with Gasteiger partial charge in [0.15, 0.2) is 6.61 Å². The molecule has 0 aliphatic rings. The van der Waals surface area contributed by atoms with Crippen molar-refractivity contribution in [2.24, 2.45) is 0 Å². The van der Waals surface area contributed by atoms with Crippen LogP contribution in [-0.4, -0.2) is 45.7 Å². The molecular formula is C28H26Cl2N4O3. The molecule has 2 amide bonds. The van der Waals surface area contributed by atoms with Crippen molar-refractivity contribution >= 4 is 40.8 Å². The van der Waals surface area contributed by atoms with Crippen molar-refractivity contribution in [3.63, 3.8) is 0 Å². The number of hydrogen-bond donors (Lipinski definition) is 1. The number of para-hydroxylation sites is 1. The molecule has 0 spiro atoms. The van der Waals surface area contributed by atoms with Gasteiger partial charge in [-0.2, -0.15) is 5.10 Å². The number of rotatable bonds is 9. The molecule has 4 rings (SSSR count). The summed E-state index contributed by atoms with van der Waals surface area (Å²) in [5, 5.41) is 8.65. The lowest BCUT2D eigenvalue weighted by Gasteiger charge is -2.26.